The molecule has 0 spiro atoms. The lowest BCUT2D eigenvalue weighted by Crippen LogP contribution is -2.31. The molecule has 0 bridgehead atoms. The molecule has 2 rings (SSSR count). The Hall–Kier alpha value is -1.16. The largest absolute Gasteiger partial charge is 0.369 e. The molecule has 20 heavy (non-hydrogen) atoms. The molecule has 0 aliphatic heterocycles. The van der Waals surface area contributed by atoms with Crippen molar-refractivity contribution < 1.29 is 0 Å². The summed E-state index contributed by atoms with van der Waals surface area (Å²) in [4.78, 5) is 11.7. The molecule has 0 amide bonds. The van der Waals surface area contributed by atoms with Crippen molar-refractivity contribution in [1.82, 2.24) is 15.3 Å². The van der Waals surface area contributed by atoms with Gasteiger partial charge in [0.1, 0.15) is 5.82 Å². The van der Waals surface area contributed by atoms with Crippen molar-refractivity contribution in [3.05, 3.63) is 17.7 Å². The van der Waals surface area contributed by atoms with Crippen LogP contribution in [-0.4, -0.2) is 29.6 Å². The summed E-state index contributed by atoms with van der Waals surface area (Å²) in [6.45, 7) is 8.21. The molecule has 1 aliphatic carbocycles. The van der Waals surface area contributed by atoms with E-state index in [0.29, 0.717) is 12.0 Å². The molecule has 0 saturated heterocycles. The number of aromatic nitrogens is 2. The minimum absolute atomic E-state index is 0.376. The van der Waals surface area contributed by atoms with E-state index < -0.39 is 0 Å². The Morgan fingerprint density at radius 3 is 2.65 bits per heavy atom. The molecule has 1 saturated carbocycles. The minimum atomic E-state index is 0.376. The lowest BCUT2D eigenvalue weighted by molar-refractivity contribution is 0.632. The average molecular weight is 276 g/mol. The molecule has 4 heteroatoms. The van der Waals surface area contributed by atoms with Crippen LogP contribution in [0.1, 0.15) is 63.9 Å². The molecule has 1 fully saturated rings. The Labute approximate surface area is 123 Å². The molecule has 0 radical (unpaired) electrons. The second-order valence-corrected chi connectivity index (χ2v) is 6.04. The zero-order valence-corrected chi connectivity index (χ0v) is 13.3. The molecular weight excluding hydrogens is 248 g/mol. The second kappa shape index (κ2) is 7.02. The van der Waals surface area contributed by atoms with Gasteiger partial charge in [-0.15, -0.1) is 0 Å². The van der Waals surface area contributed by atoms with Crippen molar-refractivity contribution in [2.45, 2.75) is 65.0 Å². The summed E-state index contributed by atoms with van der Waals surface area (Å²) in [5.74, 6) is 1.32. The number of anilines is 1. The predicted octanol–water partition coefficient (Wildman–Crippen LogP) is 3.09. The number of hydrogen-bond donors (Lipinski definition) is 1. The van der Waals surface area contributed by atoms with Gasteiger partial charge in [-0.2, -0.15) is 0 Å². The normalized spacial score (nSPS) is 16.1. The van der Waals surface area contributed by atoms with Crippen LogP contribution >= 0.6 is 0 Å². The van der Waals surface area contributed by atoms with Crippen LogP contribution in [0.25, 0.3) is 0 Å². The summed E-state index contributed by atoms with van der Waals surface area (Å²) in [6, 6.07) is 0.656. The van der Waals surface area contributed by atoms with Crippen LogP contribution in [0.3, 0.4) is 0 Å². The van der Waals surface area contributed by atoms with Crippen molar-refractivity contribution in [3.63, 3.8) is 0 Å². The molecule has 1 heterocycles. The molecule has 112 valence electrons. The van der Waals surface area contributed by atoms with Crippen molar-refractivity contribution in [1.29, 1.82) is 0 Å². The SMILES string of the molecule is CCNCc1nc(C(C)C)ncc1N(C)C1CCCC1. The highest BCUT2D eigenvalue weighted by molar-refractivity contribution is 5.49. The van der Waals surface area contributed by atoms with Crippen LogP contribution in [0.5, 0.6) is 0 Å². The van der Waals surface area contributed by atoms with Crippen LogP contribution in [-0.2, 0) is 6.54 Å². The molecule has 0 aromatic carbocycles. The maximum Gasteiger partial charge on any atom is 0.131 e. The number of rotatable bonds is 6. The summed E-state index contributed by atoms with van der Waals surface area (Å²) in [5, 5.41) is 3.40. The smallest absolute Gasteiger partial charge is 0.131 e. The van der Waals surface area contributed by atoms with Gasteiger partial charge in [-0.25, -0.2) is 9.97 Å². The third-order valence-corrected chi connectivity index (χ3v) is 4.18. The van der Waals surface area contributed by atoms with Crippen molar-refractivity contribution in [3.8, 4) is 0 Å². The van der Waals surface area contributed by atoms with Crippen molar-refractivity contribution in [2.24, 2.45) is 0 Å². The van der Waals surface area contributed by atoms with Crippen molar-refractivity contribution in [2.75, 3.05) is 18.5 Å². The first-order valence-corrected chi connectivity index (χ1v) is 7.92. The molecule has 1 aliphatic rings. The first kappa shape index (κ1) is 15.2. The van der Waals surface area contributed by atoms with Crippen LogP contribution in [0.15, 0.2) is 6.20 Å². The first-order chi connectivity index (χ1) is 9.63. The zero-order valence-electron chi connectivity index (χ0n) is 13.3. The second-order valence-electron chi connectivity index (χ2n) is 6.04. The van der Waals surface area contributed by atoms with Crippen LogP contribution in [0.4, 0.5) is 5.69 Å². The summed E-state index contributed by atoms with van der Waals surface area (Å²) in [5.41, 5.74) is 2.34. The lowest BCUT2D eigenvalue weighted by atomic mass is 10.1. The zero-order chi connectivity index (χ0) is 14.5. The Balaban J connectivity index is 2.24. The van der Waals surface area contributed by atoms with E-state index in [2.05, 4.69) is 43.0 Å². The van der Waals surface area contributed by atoms with E-state index in [-0.39, 0.29) is 0 Å². The Morgan fingerprint density at radius 2 is 2.05 bits per heavy atom. The third kappa shape index (κ3) is 3.48. The van der Waals surface area contributed by atoms with Crippen LogP contribution in [0, 0.1) is 0 Å². The van der Waals surface area contributed by atoms with E-state index >= 15 is 0 Å². The molecular formula is C16H28N4. The third-order valence-electron chi connectivity index (χ3n) is 4.18. The lowest BCUT2D eigenvalue weighted by Gasteiger charge is -2.28. The van der Waals surface area contributed by atoms with Gasteiger partial charge in [0.05, 0.1) is 17.6 Å². The Bertz CT molecular complexity index is 424. The number of nitrogens with one attached hydrogen (secondary N) is 1. The highest BCUT2D eigenvalue weighted by atomic mass is 15.2. The van der Waals surface area contributed by atoms with Gasteiger partial charge in [-0.1, -0.05) is 33.6 Å². The van der Waals surface area contributed by atoms with Gasteiger partial charge in [0.25, 0.3) is 0 Å². The van der Waals surface area contributed by atoms with Gasteiger partial charge < -0.3 is 10.2 Å². The van der Waals surface area contributed by atoms with E-state index in [1.54, 1.807) is 0 Å². The van der Waals surface area contributed by atoms with E-state index in [1.807, 2.05) is 6.20 Å². The molecule has 0 unspecified atom stereocenters. The fraction of sp³-hybridized carbons (Fsp3) is 0.750. The van der Waals surface area contributed by atoms with Crippen LogP contribution in [0.2, 0.25) is 0 Å². The predicted molar refractivity (Wildman–Crippen MR) is 84.2 cm³/mol. The van der Waals surface area contributed by atoms with Gasteiger partial charge in [0.15, 0.2) is 0 Å². The van der Waals surface area contributed by atoms with Crippen LogP contribution < -0.4 is 10.2 Å². The standard InChI is InChI=1S/C16H28N4/c1-5-17-10-14-15(11-18-16(19-14)12(2)3)20(4)13-8-6-7-9-13/h11-13,17H,5-10H2,1-4H3. The average Bonchev–Trinajstić information content (AvgIpc) is 2.98. The van der Waals surface area contributed by atoms with E-state index in [9.17, 15) is 0 Å². The highest BCUT2D eigenvalue weighted by Crippen LogP contribution is 2.28. The minimum Gasteiger partial charge on any atom is -0.369 e. The summed E-state index contributed by atoms with van der Waals surface area (Å²) in [6.07, 6.45) is 7.31. The first-order valence-electron chi connectivity index (χ1n) is 7.92. The van der Waals surface area contributed by atoms with Crippen molar-refractivity contribution >= 4 is 5.69 Å². The number of hydrogen-bond acceptors (Lipinski definition) is 4. The fourth-order valence-electron chi connectivity index (χ4n) is 2.86. The van der Waals surface area contributed by atoms with Gasteiger partial charge in [-0.05, 0) is 19.4 Å². The van der Waals surface area contributed by atoms with Gasteiger partial charge in [0, 0.05) is 25.6 Å². The Kier molecular flexibility index (Phi) is 5.35. The summed E-state index contributed by atoms with van der Waals surface area (Å²) >= 11 is 0. The van der Waals surface area contributed by atoms with E-state index in [0.717, 1.165) is 24.6 Å². The molecule has 0 atom stereocenters. The molecule has 4 nitrogen and oxygen atoms in total. The fourth-order valence-corrected chi connectivity index (χ4v) is 2.86. The quantitative estimate of drug-likeness (QED) is 0.867. The highest BCUT2D eigenvalue weighted by Gasteiger charge is 2.22. The number of nitrogens with zero attached hydrogens (tertiary/aromatic N) is 3. The van der Waals surface area contributed by atoms with Gasteiger partial charge in [0.2, 0.25) is 0 Å². The summed E-state index contributed by atoms with van der Waals surface area (Å²) < 4.78 is 0. The van der Waals surface area contributed by atoms with E-state index in [1.165, 1.54) is 31.4 Å². The monoisotopic (exact) mass is 276 g/mol. The Morgan fingerprint density at radius 1 is 1.35 bits per heavy atom. The van der Waals surface area contributed by atoms with E-state index in [4.69, 9.17) is 4.98 Å². The molecule has 1 aromatic rings. The van der Waals surface area contributed by atoms with Gasteiger partial charge >= 0.3 is 0 Å². The van der Waals surface area contributed by atoms with Gasteiger partial charge in [-0.3, -0.25) is 0 Å². The maximum atomic E-state index is 4.79. The topological polar surface area (TPSA) is 41.1 Å². The molecule has 1 aromatic heterocycles. The maximum absolute atomic E-state index is 4.79. The summed E-state index contributed by atoms with van der Waals surface area (Å²) in [7, 11) is 2.19. The molecule has 1 N–H and O–H groups in total.